The van der Waals surface area contributed by atoms with Crippen LogP contribution >= 0.6 is 0 Å². The topological polar surface area (TPSA) is 35.6 Å². The minimum atomic E-state index is 0.195. The third-order valence-corrected chi connectivity index (χ3v) is 3.91. The maximum absolute atomic E-state index is 12.3. The van der Waals surface area contributed by atoms with Crippen molar-refractivity contribution in [1.82, 2.24) is 15.1 Å². The first-order chi connectivity index (χ1) is 8.22. The molecule has 4 heteroatoms. The highest BCUT2D eigenvalue weighted by atomic mass is 16.2. The van der Waals surface area contributed by atoms with E-state index in [1.54, 1.807) is 0 Å². The lowest BCUT2D eigenvalue weighted by Gasteiger charge is -2.36. The van der Waals surface area contributed by atoms with Gasteiger partial charge in [0.05, 0.1) is 5.92 Å². The van der Waals surface area contributed by atoms with Gasteiger partial charge in [-0.1, -0.05) is 6.08 Å². The van der Waals surface area contributed by atoms with E-state index in [1.165, 1.54) is 0 Å². The Morgan fingerprint density at radius 1 is 1.41 bits per heavy atom. The van der Waals surface area contributed by atoms with Gasteiger partial charge in [0.1, 0.15) is 0 Å². The van der Waals surface area contributed by atoms with Crippen molar-refractivity contribution in [2.75, 3.05) is 39.3 Å². The van der Waals surface area contributed by atoms with Crippen molar-refractivity contribution in [3.63, 3.8) is 0 Å². The second-order valence-electron chi connectivity index (χ2n) is 5.05. The van der Waals surface area contributed by atoms with Gasteiger partial charge < -0.3 is 10.2 Å². The molecule has 2 unspecified atom stereocenters. The van der Waals surface area contributed by atoms with Crippen molar-refractivity contribution in [2.24, 2.45) is 5.92 Å². The Labute approximate surface area is 104 Å². The minimum Gasteiger partial charge on any atom is -0.340 e. The third kappa shape index (κ3) is 2.87. The summed E-state index contributed by atoms with van der Waals surface area (Å²) < 4.78 is 0. The molecule has 2 atom stereocenters. The van der Waals surface area contributed by atoms with Gasteiger partial charge in [-0.05, 0) is 19.9 Å². The molecule has 1 N–H and O–H groups in total. The van der Waals surface area contributed by atoms with Crippen molar-refractivity contribution in [3.8, 4) is 0 Å². The van der Waals surface area contributed by atoms with Crippen molar-refractivity contribution < 1.29 is 4.79 Å². The summed E-state index contributed by atoms with van der Waals surface area (Å²) in [6.07, 6.45) is 2.92. The normalized spacial score (nSPS) is 30.5. The standard InChI is InChI=1S/C13H23N3O/c1-3-6-15-7-9-16(10-8-15)13(17)12-4-5-14-11(12)2/h3,11-12,14H,1,4-10H2,2H3. The smallest absolute Gasteiger partial charge is 0.227 e. The zero-order valence-electron chi connectivity index (χ0n) is 10.7. The fraction of sp³-hybridized carbons (Fsp3) is 0.769. The van der Waals surface area contributed by atoms with Crippen LogP contribution in [-0.2, 0) is 4.79 Å². The number of nitrogens with zero attached hydrogens (tertiary/aromatic N) is 2. The summed E-state index contributed by atoms with van der Waals surface area (Å²) in [5.74, 6) is 0.543. The fourth-order valence-electron chi connectivity index (χ4n) is 2.76. The van der Waals surface area contributed by atoms with Gasteiger partial charge in [-0.2, -0.15) is 0 Å². The van der Waals surface area contributed by atoms with E-state index in [9.17, 15) is 4.79 Å². The number of hydrogen-bond donors (Lipinski definition) is 1. The van der Waals surface area contributed by atoms with Gasteiger partial charge in [0.25, 0.3) is 0 Å². The van der Waals surface area contributed by atoms with Crippen LogP contribution in [0, 0.1) is 5.92 Å². The summed E-state index contributed by atoms with van der Waals surface area (Å²) in [5.41, 5.74) is 0. The average molecular weight is 237 g/mol. The lowest BCUT2D eigenvalue weighted by atomic mass is 10.00. The van der Waals surface area contributed by atoms with Crippen LogP contribution in [0.3, 0.4) is 0 Å². The van der Waals surface area contributed by atoms with Crippen molar-refractivity contribution >= 4 is 5.91 Å². The number of hydrogen-bond acceptors (Lipinski definition) is 3. The first-order valence-electron chi connectivity index (χ1n) is 6.58. The average Bonchev–Trinajstić information content (AvgIpc) is 2.76. The van der Waals surface area contributed by atoms with Gasteiger partial charge in [0.2, 0.25) is 5.91 Å². The maximum atomic E-state index is 12.3. The van der Waals surface area contributed by atoms with Gasteiger partial charge in [0.15, 0.2) is 0 Å². The lowest BCUT2D eigenvalue weighted by molar-refractivity contribution is -0.137. The summed E-state index contributed by atoms with van der Waals surface area (Å²) >= 11 is 0. The molecule has 0 spiro atoms. The second kappa shape index (κ2) is 5.65. The first-order valence-corrected chi connectivity index (χ1v) is 6.58. The van der Waals surface area contributed by atoms with Crippen molar-refractivity contribution in [3.05, 3.63) is 12.7 Å². The number of piperazine rings is 1. The summed E-state index contributed by atoms with van der Waals surface area (Å²) in [4.78, 5) is 16.7. The molecule has 0 aromatic rings. The number of nitrogens with one attached hydrogen (secondary N) is 1. The summed E-state index contributed by atoms with van der Waals surface area (Å²) in [7, 11) is 0. The predicted molar refractivity (Wildman–Crippen MR) is 68.8 cm³/mol. The Morgan fingerprint density at radius 3 is 2.65 bits per heavy atom. The number of carbonyl (C=O) groups excluding carboxylic acids is 1. The largest absolute Gasteiger partial charge is 0.340 e. The number of carbonyl (C=O) groups is 1. The molecule has 0 bridgehead atoms. The van der Waals surface area contributed by atoms with Crippen LogP contribution in [0.2, 0.25) is 0 Å². The summed E-state index contributed by atoms with van der Waals surface area (Å²) in [6, 6.07) is 0.341. The van der Waals surface area contributed by atoms with Crippen LogP contribution in [0.4, 0.5) is 0 Å². The maximum Gasteiger partial charge on any atom is 0.227 e. The van der Waals surface area contributed by atoms with E-state index >= 15 is 0 Å². The quantitative estimate of drug-likeness (QED) is 0.718. The molecule has 2 aliphatic rings. The molecule has 0 radical (unpaired) electrons. The summed E-state index contributed by atoms with van der Waals surface area (Å²) in [5, 5.41) is 3.35. The minimum absolute atomic E-state index is 0.195. The van der Waals surface area contributed by atoms with Crippen LogP contribution in [-0.4, -0.2) is 61.0 Å². The monoisotopic (exact) mass is 237 g/mol. The van der Waals surface area contributed by atoms with Crippen LogP contribution in [0.25, 0.3) is 0 Å². The van der Waals surface area contributed by atoms with Crippen LogP contribution in [0.5, 0.6) is 0 Å². The molecule has 17 heavy (non-hydrogen) atoms. The van der Waals surface area contributed by atoms with E-state index < -0.39 is 0 Å². The van der Waals surface area contributed by atoms with E-state index in [0.717, 1.165) is 45.7 Å². The molecule has 4 nitrogen and oxygen atoms in total. The Kier molecular flexibility index (Phi) is 4.18. The Bertz CT molecular complexity index is 284. The van der Waals surface area contributed by atoms with E-state index in [0.29, 0.717) is 11.9 Å². The van der Waals surface area contributed by atoms with Gasteiger partial charge in [-0.3, -0.25) is 9.69 Å². The molecule has 2 saturated heterocycles. The molecule has 2 heterocycles. The Morgan fingerprint density at radius 2 is 2.12 bits per heavy atom. The predicted octanol–water partition coefficient (Wildman–Crippen LogP) is 0.315. The van der Waals surface area contributed by atoms with Gasteiger partial charge in [-0.25, -0.2) is 0 Å². The number of amides is 1. The fourth-order valence-corrected chi connectivity index (χ4v) is 2.76. The van der Waals surface area contributed by atoms with E-state index in [4.69, 9.17) is 0 Å². The van der Waals surface area contributed by atoms with Crippen molar-refractivity contribution in [2.45, 2.75) is 19.4 Å². The highest BCUT2D eigenvalue weighted by Crippen LogP contribution is 2.19. The van der Waals surface area contributed by atoms with Crippen LogP contribution < -0.4 is 5.32 Å². The van der Waals surface area contributed by atoms with Crippen LogP contribution in [0.15, 0.2) is 12.7 Å². The SMILES string of the molecule is C=CCN1CCN(C(=O)C2CCNC2C)CC1. The molecule has 96 valence electrons. The van der Waals surface area contributed by atoms with Crippen molar-refractivity contribution in [1.29, 1.82) is 0 Å². The van der Waals surface area contributed by atoms with Gasteiger partial charge in [-0.15, -0.1) is 6.58 Å². The van der Waals surface area contributed by atoms with E-state index in [1.807, 2.05) is 11.0 Å². The Balaban J connectivity index is 1.83. The molecule has 0 aromatic carbocycles. The molecule has 1 amide bonds. The molecular formula is C13H23N3O. The first kappa shape index (κ1) is 12.6. The Hall–Kier alpha value is -0.870. The molecular weight excluding hydrogens is 214 g/mol. The van der Waals surface area contributed by atoms with Crippen LogP contribution in [0.1, 0.15) is 13.3 Å². The highest BCUT2D eigenvalue weighted by molar-refractivity contribution is 5.80. The third-order valence-electron chi connectivity index (χ3n) is 3.91. The molecule has 2 aliphatic heterocycles. The van der Waals surface area contributed by atoms with Gasteiger partial charge in [0, 0.05) is 38.8 Å². The summed E-state index contributed by atoms with van der Waals surface area (Å²) in [6.45, 7) is 11.5. The number of rotatable bonds is 3. The molecule has 2 fully saturated rings. The molecule has 2 rings (SSSR count). The lowest BCUT2D eigenvalue weighted by Crippen LogP contribution is -2.51. The molecule has 0 aliphatic carbocycles. The van der Waals surface area contributed by atoms with E-state index in [2.05, 4.69) is 23.7 Å². The molecule has 0 aromatic heterocycles. The zero-order valence-corrected chi connectivity index (χ0v) is 10.7. The van der Waals surface area contributed by atoms with E-state index in [-0.39, 0.29) is 5.92 Å². The van der Waals surface area contributed by atoms with Gasteiger partial charge >= 0.3 is 0 Å². The second-order valence-corrected chi connectivity index (χ2v) is 5.05. The zero-order chi connectivity index (χ0) is 12.3. The highest BCUT2D eigenvalue weighted by Gasteiger charge is 2.33. The molecule has 0 saturated carbocycles.